The van der Waals surface area contributed by atoms with E-state index in [1.165, 1.54) is 35.3 Å². The van der Waals surface area contributed by atoms with E-state index in [9.17, 15) is 0 Å². The van der Waals surface area contributed by atoms with Gasteiger partial charge >= 0.3 is 0 Å². The first-order chi connectivity index (χ1) is 10.9. The van der Waals surface area contributed by atoms with Gasteiger partial charge in [-0.2, -0.15) is 0 Å². The maximum Gasteiger partial charge on any atom is 0.0517 e. The Morgan fingerprint density at radius 3 is 3.14 bits per heavy atom. The van der Waals surface area contributed by atoms with Crippen LogP contribution in [-0.2, 0) is 6.42 Å². The van der Waals surface area contributed by atoms with Crippen molar-refractivity contribution < 1.29 is 0 Å². The molecule has 2 unspecified atom stereocenters. The van der Waals surface area contributed by atoms with E-state index in [0.717, 1.165) is 19.4 Å². The number of allylic oxidation sites excluding steroid dienone is 4. The van der Waals surface area contributed by atoms with Crippen LogP contribution in [0.15, 0.2) is 65.1 Å². The molecule has 22 heavy (non-hydrogen) atoms. The highest BCUT2D eigenvalue weighted by molar-refractivity contribution is 6.07. The Balaban J connectivity index is 1.60. The van der Waals surface area contributed by atoms with Crippen molar-refractivity contribution in [2.75, 3.05) is 6.54 Å². The van der Waals surface area contributed by atoms with Crippen molar-refractivity contribution in [2.24, 2.45) is 10.9 Å². The molecular formula is C19H21N3. The highest BCUT2D eigenvalue weighted by Gasteiger charge is 2.29. The zero-order chi connectivity index (χ0) is 14.8. The number of hydrogen-bond acceptors (Lipinski definition) is 3. The molecule has 3 heterocycles. The molecule has 3 aliphatic rings. The number of fused-ring (bicyclic) bond motifs is 1. The predicted octanol–water partition coefficient (Wildman–Crippen LogP) is 3.22. The van der Waals surface area contributed by atoms with Crippen molar-refractivity contribution in [3.8, 4) is 0 Å². The molecule has 1 aromatic rings. The minimum atomic E-state index is 0.535. The molecule has 0 saturated carbocycles. The van der Waals surface area contributed by atoms with E-state index < -0.39 is 0 Å². The number of nitrogens with zero attached hydrogens (tertiary/aromatic N) is 2. The molecule has 4 rings (SSSR count). The lowest BCUT2D eigenvalue weighted by Crippen LogP contribution is -2.34. The quantitative estimate of drug-likeness (QED) is 0.925. The molecule has 1 saturated heterocycles. The van der Waals surface area contributed by atoms with Gasteiger partial charge in [-0.1, -0.05) is 23.8 Å². The van der Waals surface area contributed by atoms with Gasteiger partial charge in [0.1, 0.15) is 0 Å². The molecule has 1 fully saturated rings. The molecule has 112 valence electrons. The van der Waals surface area contributed by atoms with Crippen molar-refractivity contribution in [2.45, 2.75) is 31.7 Å². The molecular weight excluding hydrogens is 270 g/mol. The summed E-state index contributed by atoms with van der Waals surface area (Å²) in [5, 5.41) is 3.70. The second-order valence-corrected chi connectivity index (χ2v) is 6.31. The largest absolute Gasteiger partial charge is 0.313 e. The van der Waals surface area contributed by atoms with Gasteiger partial charge in [0, 0.05) is 31.1 Å². The fourth-order valence-corrected chi connectivity index (χ4v) is 3.74. The summed E-state index contributed by atoms with van der Waals surface area (Å²) in [5.41, 5.74) is 5.34. The fourth-order valence-electron chi connectivity index (χ4n) is 3.74. The van der Waals surface area contributed by atoms with Crippen LogP contribution < -0.4 is 5.32 Å². The molecule has 0 amide bonds. The van der Waals surface area contributed by atoms with E-state index in [0.29, 0.717) is 12.0 Å². The summed E-state index contributed by atoms with van der Waals surface area (Å²) in [6.45, 7) is 1.14. The number of nitrogens with one attached hydrogen (secondary N) is 1. The summed E-state index contributed by atoms with van der Waals surface area (Å²) >= 11 is 0. The Kier molecular flexibility index (Phi) is 3.73. The number of aromatic nitrogens is 1. The molecule has 0 radical (unpaired) electrons. The summed E-state index contributed by atoms with van der Waals surface area (Å²) in [6.07, 6.45) is 17.0. The third kappa shape index (κ3) is 2.69. The first kappa shape index (κ1) is 13.6. The van der Waals surface area contributed by atoms with Crippen LogP contribution in [0.5, 0.6) is 0 Å². The first-order valence-corrected chi connectivity index (χ1v) is 8.17. The molecule has 1 aromatic heterocycles. The summed E-state index contributed by atoms with van der Waals surface area (Å²) < 4.78 is 0. The Hall–Kier alpha value is -2.00. The standard InChI is InChI=1S/C19H21N3/c1-3-14(13-20-8-1)11-17(18-4-2-9-21-18)16-6-5-15-7-10-22-19(15)12-16/h1,3,5-8,10,13,17-18,21H,2,4,9,11-12H2. The lowest BCUT2D eigenvalue weighted by Gasteiger charge is -2.28. The highest BCUT2D eigenvalue weighted by atomic mass is 14.9. The average molecular weight is 291 g/mol. The van der Waals surface area contributed by atoms with E-state index >= 15 is 0 Å². The summed E-state index contributed by atoms with van der Waals surface area (Å²) in [5.74, 6) is 0.535. The van der Waals surface area contributed by atoms with Gasteiger partial charge in [-0.3, -0.25) is 9.98 Å². The molecule has 2 aliphatic heterocycles. The van der Waals surface area contributed by atoms with Crippen LogP contribution in [0.4, 0.5) is 0 Å². The Labute approximate surface area is 131 Å². The number of rotatable bonds is 4. The summed E-state index contributed by atoms with van der Waals surface area (Å²) in [7, 11) is 0. The third-order valence-corrected chi connectivity index (χ3v) is 4.91. The molecule has 0 aromatic carbocycles. The molecule has 0 bridgehead atoms. The number of hydrogen-bond donors (Lipinski definition) is 1. The monoisotopic (exact) mass is 291 g/mol. The molecule has 1 N–H and O–H groups in total. The minimum Gasteiger partial charge on any atom is -0.313 e. The smallest absolute Gasteiger partial charge is 0.0517 e. The van der Waals surface area contributed by atoms with E-state index in [1.807, 2.05) is 24.7 Å². The van der Waals surface area contributed by atoms with Gasteiger partial charge in [-0.25, -0.2) is 0 Å². The van der Waals surface area contributed by atoms with E-state index in [1.54, 1.807) is 0 Å². The molecule has 3 heteroatoms. The lowest BCUT2D eigenvalue weighted by atomic mass is 9.80. The molecule has 1 aliphatic carbocycles. The summed E-state index contributed by atoms with van der Waals surface area (Å²) in [6, 6.07) is 4.80. The van der Waals surface area contributed by atoms with Crippen LogP contribution in [0.1, 0.15) is 24.8 Å². The van der Waals surface area contributed by atoms with Gasteiger partial charge in [0.05, 0.1) is 5.71 Å². The minimum absolute atomic E-state index is 0.535. The normalized spacial score (nSPS) is 24.5. The molecule has 0 spiro atoms. The summed E-state index contributed by atoms with van der Waals surface area (Å²) in [4.78, 5) is 8.80. The van der Waals surface area contributed by atoms with Crippen molar-refractivity contribution in [3.05, 3.63) is 65.7 Å². The number of pyridine rings is 1. The first-order valence-electron chi connectivity index (χ1n) is 8.17. The fraction of sp³-hybridized carbons (Fsp3) is 0.368. The highest BCUT2D eigenvalue weighted by Crippen LogP contribution is 2.32. The van der Waals surface area contributed by atoms with Crippen LogP contribution in [0.3, 0.4) is 0 Å². The zero-order valence-corrected chi connectivity index (χ0v) is 12.7. The van der Waals surface area contributed by atoms with Crippen molar-refractivity contribution in [1.82, 2.24) is 10.3 Å². The lowest BCUT2D eigenvalue weighted by molar-refractivity contribution is 0.434. The molecule has 3 nitrogen and oxygen atoms in total. The maximum atomic E-state index is 4.52. The molecule has 2 atom stereocenters. The maximum absolute atomic E-state index is 4.52. The van der Waals surface area contributed by atoms with Crippen LogP contribution in [0.25, 0.3) is 0 Å². The Morgan fingerprint density at radius 1 is 1.32 bits per heavy atom. The number of aliphatic imine (C=N–C) groups is 1. The van der Waals surface area contributed by atoms with Crippen LogP contribution in [0, 0.1) is 5.92 Å². The Morgan fingerprint density at radius 2 is 2.32 bits per heavy atom. The van der Waals surface area contributed by atoms with Crippen molar-refractivity contribution in [1.29, 1.82) is 0 Å². The van der Waals surface area contributed by atoms with Gasteiger partial charge < -0.3 is 5.32 Å². The van der Waals surface area contributed by atoms with Crippen LogP contribution in [-0.4, -0.2) is 23.3 Å². The van der Waals surface area contributed by atoms with E-state index in [2.05, 4.69) is 39.6 Å². The van der Waals surface area contributed by atoms with Crippen molar-refractivity contribution in [3.63, 3.8) is 0 Å². The zero-order valence-electron chi connectivity index (χ0n) is 12.7. The van der Waals surface area contributed by atoms with Gasteiger partial charge in [-0.05, 0) is 55.0 Å². The van der Waals surface area contributed by atoms with Crippen molar-refractivity contribution >= 4 is 5.71 Å². The predicted molar refractivity (Wildman–Crippen MR) is 89.8 cm³/mol. The third-order valence-electron chi connectivity index (χ3n) is 4.91. The van der Waals surface area contributed by atoms with Gasteiger partial charge in [-0.15, -0.1) is 0 Å². The second-order valence-electron chi connectivity index (χ2n) is 6.31. The van der Waals surface area contributed by atoms with Gasteiger partial charge in [0.15, 0.2) is 0 Å². The van der Waals surface area contributed by atoms with Gasteiger partial charge in [0.2, 0.25) is 0 Å². The topological polar surface area (TPSA) is 37.3 Å². The SMILES string of the molecule is C1=CC2=CC=C(C(Cc3cccnc3)C3CCCN3)CC2=N1. The van der Waals surface area contributed by atoms with Gasteiger partial charge in [0.25, 0.3) is 0 Å². The van der Waals surface area contributed by atoms with Crippen LogP contribution in [0.2, 0.25) is 0 Å². The van der Waals surface area contributed by atoms with E-state index in [4.69, 9.17) is 0 Å². The Bertz CT molecular complexity index is 661. The van der Waals surface area contributed by atoms with E-state index in [-0.39, 0.29) is 0 Å². The van der Waals surface area contributed by atoms with Crippen LogP contribution >= 0.6 is 0 Å². The average Bonchev–Trinajstić information content (AvgIpc) is 3.24. The second kappa shape index (κ2) is 6.01.